The van der Waals surface area contributed by atoms with Crippen molar-refractivity contribution in [3.05, 3.63) is 46.8 Å². The van der Waals surface area contributed by atoms with Crippen molar-refractivity contribution in [2.75, 3.05) is 30.8 Å². The number of halogens is 3. The van der Waals surface area contributed by atoms with Gasteiger partial charge in [-0.3, -0.25) is 9.59 Å². The van der Waals surface area contributed by atoms with Crippen LogP contribution in [-0.4, -0.2) is 32.0 Å². The molecule has 0 aliphatic rings. The summed E-state index contributed by atoms with van der Waals surface area (Å²) in [5.74, 6) is -0.888. The summed E-state index contributed by atoms with van der Waals surface area (Å²) in [7, 11) is 1.66. The molecule has 1 aromatic carbocycles. The number of amides is 2. The molecule has 0 saturated heterocycles. The van der Waals surface area contributed by atoms with Gasteiger partial charge in [0.2, 0.25) is 5.91 Å². The van der Waals surface area contributed by atoms with Crippen LogP contribution in [0.5, 0.6) is 0 Å². The molecule has 0 fully saturated rings. The van der Waals surface area contributed by atoms with Crippen LogP contribution in [0.3, 0.4) is 0 Å². The largest absolute Gasteiger partial charge is 0.418 e. The Bertz CT molecular complexity index is 889. The first-order chi connectivity index (χ1) is 13.2. The average molecular weight is 411 g/mol. The molecular formula is C18H18F3N4O2S+. The summed E-state index contributed by atoms with van der Waals surface area (Å²) in [4.78, 5) is 24.7. The number of nitrogens with one attached hydrogen (secondary N) is 3. The van der Waals surface area contributed by atoms with E-state index in [1.165, 1.54) is 29.5 Å². The van der Waals surface area contributed by atoms with Crippen molar-refractivity contribution in [2.45, 2.75) is 12.6 Å². The highest BCUT2D eigenvalue weighted by Gasteiger charge is 2.33. The van der Waals surface area contributed by atoms with Gasteiger partial charge < -0.3 is 15.5 Å². The molecular weight excluding hydrogens is 393 g/mol. The summed E-state index contributed by atoms with van der Waals surface area (Å²) < 4.78 is 38.9. The molecule has 1 unspecified atom stereocenters. The number of thiophene rings is 1. The van der Waals surface area contributed by atoms with E-state index in [4.69, 9.17) is 5.26 Å². The fourth-order valence-corrected chi connectivity index (χ4v) is 3.16. The topological polar surface area (TPSA) is 86.4 Å². The minimum Gasteiger partial charge on any atom is -0.329 e. The highest BCUT2D eigenvalue weighted by atomic mass is 32.1. The van der Waals surface area contributed by atoms with Crippen molar-refractivity contribution in [3.63, 3.8) is 0 Å². The number of carbonyl (C=O) groups is 2. The fraction of sp³-hybridized carbons (Fsp3) is 0.278. The van der Waals surface area contributed by atoms with E-state index in [1.807, 2.05) is 6.07 Å². The molecule has 0 radical (unpaired) electrons. The Balaban J connectivity index is 1.83. The third-order valence-corrected chi connectivity index (χ3v) is 4.62. The number of anilines is 2. The molecule has 28 heavy (non-hydrogen) atoms. The van der Waals surface area contributed by atoms with Crippen LogP contribution in [0.2, 0.25) is 0 Å². The van der Waals surface area contributed by atoms with Gasteiger partial charge in [0.05, 0.1) is 36.8 Å². The number of benzene rings is 1. The van der Waals surface area contributed by atoms with Crippen LogP contribution in [0.15, 0.2) is 35.7 Å². The van der Waals surface area contributed by atoms with E-state index >= 15 is 0 Å². The van der Waals surface area contributed by atoms with Gasteiger partial charge in [0.25, 0.3) is 5.91 Å². The van der Waals surface area contributed by atoms with Gasteiger partial charge in [-0.05, 0) is 23.6 Å². The van der Waals surface area contributed by atoms with Crippen molar-refractivity contribution < 1.29 is 27.7 Å². The Labute approximate surface area is 163 Å². The summed E-state index contributed by atoms with van der Waals surface area (Å²) in [5, 5.41) is 16.0. The zero-order chi connectivity index (χ0) is 20.7. The van der Waals surface area contributed by atoms with Gasteiger partial charge in [-0.1, -0.05) is 12.1 Å². The number of para-hydroxylation sites is 1. The maximum atomic E-state index is 13.0. The van der Waals surface area contributed by atoms with Crippen molar-refractivity contribution >= 4 is 33.8 Å². The van der Waals surface area contributed by atoms with E-state index in [0.29, 0.717) is 22.0 Å². The number of nitrogens with zero attached hydrogens (tertiary/aromatic N) is 1. The quantitative estimate of drug-likeness (QED) is 0.652. The van der Waals surface area contributed by atoms with Crippen molar-refractivity contribution in [3.8, 4) is 6.07 Å². The number of alkyl halides is 3. The summed E-state index contributed by atoms with van der Waals surface area (Å²) in [5.41, 5.74) is -0.835. The smallest absolute Gasteiger partial charge is 0.329 e. The highest BCUT2D eigenvalue weighted by molar-refractivity contribution is 7.14. The first-order valence-corrected chi connectivity index (χ1v) is 9.13. The lowest BCUT2D eigenvalue weighted by Gasteiger charge is -2.16. The number of quaternary nitrogens is 1. The molecule has 0 saturated carbocycles. The minimum atomic E-state index is -4.56. The summed E-state index contributed by atoms with van der Waals surface area (Å²) >= 11 is 1.23. The van der Waals surface area contributed by atoms with E-state index < -0.39 is 17.6 Å². The van der Waals surface area contributed by atoms with Crippen LogP contribution in [-0.2, 0) is 15.8 Å². The second-order valence-electron chi connectivity index (χ2n) is 6.05. The lowest BCUT2D eigenvalue weighted by molar-refractivity contribution is -0.870. The van der Waals surface area contributed by atoms with Crippen LogP contribution >= 0.6 is 11.3 Å². The Hall–Kier alpha value is -2.90. The molecule has 0 spiro atoms. The van der Waals surface area contributed by atoms with Gasteiger partial charge in [-0.25, -0.2) is 0 Å². The first kappa shape index (κ1) is 21.4. The van der Waals surface area contributed by atoms with Gasteiger partial charge >= 0.3 is 6.18 Å². The fourth-order valence-electron chi connectivity index (χ4n) is 2.41. The van der Waals surface area contributed by atoms with Gasteiger partial charge in [0.1, 0.15) is 11.1 Å². The normalized spacial score (nSPS) is 12.1. The van der Waals surface area contributed by atoms with E-state index in [9.17, 15) is 22.8 Å². The van der Waals surface area contributed by atoms with E-state index in [-0.39, 0.29) is 24.6 Å². The first-order valence-electron chi connectivity index (χ1n) is 8.25. The molecule has 10 heteroatoms. The van der Waals surface area contributed by atoms with Gasteiger partial charge in [0.15, 0.2) is 6.54 Å². The Morgan fingerprint density at radius 3 is 2.57 bits per heavy atom. The molecule has 3 N–H and O–H groups in total. The third-order valence-electron chi connectivity index (χ3n) is 3.79. The van der Waals surface area contributed by atoms with Crippen LogP contribution in [0, 0.1) is 11.3 Å². The zero-order valence-corrected chi connectivity index (χ0v) is 15.7. The number of rotatable bonds is 7. The molecule has 0 aliphatic carbocycles. The molecule has 2 rings (SSSR count). The summed E-state index contributed by atoms with van der Waals surface area (Å²) in [6.45, 7) is 0.204. The van der Waals surface area contributed by atoms with E-state index in [2.05, 4.69) is 10.6 Å². The number of likely N-dealkylation sites (N-methyl/N-ethyl adjacent to an activating group) is 1. The van der Waals surface area contributed by atoms with E-state index in [1.54, 1.807) is 18.5 Å². The predicted molar refractivity (Wildman–Crippen MR) is 99.0 cm³/mol. The monoisotopic (exact) mass is 411 g/mol. The maximum Gasteiger partial charge on any atom is 0.418 e. The van der Waals surface area contributed by atoms with Gasteiger partial charge in [0, 0.05) is 0 Å². The molecule has 0 bridgehead atoms. The molecule has 148 valence electrons. The van der Waals surface area contributed by atoms with Crippen LogP contribution < -0.4 is 15.5 Å². The number of hydrogen-bond acceptors (Lipinski definition) is 4. The minimum absolute atomic E-state index is 0.0953. The summed E-state index contributed by atoms with van der Waals surface area (Å²) in [6, 6.07) is 8.32. The predicted octanol–water partition coefficient (Wildman–Crippen LogP) is 2.12. The molecule has 1 aromatic heterocycles. The Kier molecular flexibility index (Phi) is 7.14. The highest BCUT2D eigenvalue weighted by Crippen LogP contribution is 2.34. The lowest BCUT2D eigenvalue weighted by Crippen LogP contribution is -3.10. The average Bonchev–Trinajstić information content (AvgIpc) is 3.06. The standard InChI is InChI=1S/C18H17F3N4O2S/c1-25(8-6-15(26)24-17-12(10-22)7-9-28-17)11-16(27)23-14-5-3-2-4-13(14)18(19,20)21/h2-5,7,9H,6,8,11H2,1H3,(H,23,27)(H,24,26)/p+1. The molecule has 2 aromatic rings. The SMILES string of the molecule is C[NH+](CCC(=O)Nc1sccc1C#N)CC(=O)Nc1ccccc1C(F)(F)F. The number of hydrogen-bond donors (Lipinski definition) is 3. The zero-order valence-electron chi connectivity index (χ0n) is 14.9. The molecule has 6 nitrogen and oxygen atoms in total. The Morgan fingerprint density at radius 1 is 1.18 bits per heavy atom. The van der Waals surface area contributed by atoms with Crippen LogP contribution in [0.1, 0.15) is 17.5 Å². The Morgan fingerprint density at radius 2 is 1.89 bits per heavy atom. The van der Waals surface area contributed by atoms with Crippen LogP contribution in [0.25, 0.3) is 0 Å². The molecule has 0 aliphatic heterocycles. The van der Waals surface area contributed by atoms with E-state index in [0.717, 1.165) is 6.07 Å². The molecule has 1 atom stereocenters. The molecule has 2 amide bonds. The lowest BCUT2D eigenvalue weighted by atomic mass is 10.1. The van der Waals surface area contributed by atoms with Gasteiger partial charge in [-0.2, -0.15) is 18.4 Å². The van der Waals surface area contributed by atoms with Crippen molar-refractivity contribution in [1.29, 1.82) is 5.26 Å². The molecule has 1 heterocycles. The second kappa shape index (κ2) is 9.34. The number of nitriles is 1. The third kappa shape index (κ3) is 6.07. The summed E-state index contributed by atoms with van der Waals surface area (Å²) in [6.07, 6.45) is -4.47. The second-order valence-corrected chi connectivity index (χ2v) is 6.96. The maximum absolute atomic E-state index is 13.0. The van der Waals surface area contributed by atoms with Crippen molar-refractivity contribution in [1.82, 2.24) is 0 Å². The van der Waals surface area contributed by atoms with Crippen LogP contribution in [0.4, 0.5) is 23.9 Å². The number of carbonyl (C=O) groups excluding carboxylic acids is 2. The van der Waals surface area contributed by atoms with Crippen molar-refractivity contribution in [2.24, 2.45) is 0 Å². The van der Waals surface area contributed by atoms with Gasteiger partial charge in [-0.15, -0.1) is 11.3 Å².